The van der Waals surface area contributed by atoms with E-state index < -0.39 is 0 Å². The van der Waals surface area contributed by atoms with Crippen LogP contribution in [0.4, 0.5) is 0 Å². The highest BCUT2D eigenvalue weighted by molar-refractivity contribution is 5.27. The number of hydrogen-bond donors (Lipinski definition) is 1. The van der Waals surface area contributed by atoms with Crippen LogP contribution in [0.2, 0.25) is 0 Å². The van der Waals surface area contributed by atoms with E-state index in [9.17, 15) is 0 Å². The maximum atomic E-state index is 5.87. The molecule has 2 rings (SSSR count). The summed E-state index contributed by atoms with van der Waals surface area (Å²) in [6, 6.07) is 8.46. The molecular formula is C13H17N3. The molecule has 1 atom stereocenters. The van der Waals surface area contributed by atoms with Crippen molar-refractivity contribution in [2.75, 3.05) is 0 Å². The third-order valence-corrected chi connectivity index (χ3v) is 2.76. The topological polar surface area (TPSA) is 43.8 Å². The lowest BCUT2D eigenvalue weighted by Gasteiger charge is -2.08. The van der Waals surface area contributed by atoms with Crippen LogP contribution in [0.3, 0.4) is 0 Å². The molecule has 16 heavy (non-hydrogen) atoms. The van der Waals surface area contributed by atoms with Crippen molar-refractivity contribution in [3.8, 4) is 0 Å². The lowest BCUT2D eigenvalue weighted by molar-refractivity contribution is 0.804. The molecule has 0 bridgehead atoms. The molecule has 0 saturated heterocycles. The average Bonchev–Trinajstić information content (AvgIpc) is 2.65. The zero-order valence-corrected chi connectivity index (χ0v) is 9.72. The minimum Gasteiger partial charge on any atom is -0.338 e. The van der Waals surface area contributed by atoms with Crippen LogP contribution < -0.4 is 5.73 Å². The first kappa shape index (κ1) is 10.9. The second-order valence-electron chi connectivity index (χ2n) is 4.16. The van der Waals surface area contributed by atoms with E-state index >= 15 is 0 Å². The molecule has 1 heterocycles. The molecule has 0 aliphatic rings. The molecule has 1 unspecified atom stereocenters. The maximum Gasteiger partial charge on any atom is 0.112 e. The summed E-state index contributed by atoms with van der Waals surface area (Å²) in [4.78, 5) is 4.32. The number of nitrogens with two attached hydrogens (primary N) is 1. The predicted molar refractivity (Wildman–Crippen MR) is 65.1 cm³/mol. The fourth-order valence-corrected chi connectivity index (χ4v) is 1.74. The number of imidazole rings is 1. The van der Waals surface area contributed by atoms with E-state index in [0.717, 1.165) is 12.2 Å². The van der Waals surface area contributed by atoms with Gasteiger partial charge in [-0.05, 0) is 18.1 Å². The maximum absolute atomic E-state index is 5.87. The molecule has 84 valence electrons. The van der Waals surface area contributed by atoms with Gasteiger partial charge >= 0.3 is 0 Å². The van der Waals surface area contributed by atoms with Crippen molar-refractivity contribution in [3.63, 3.8) is 0 Å². The molecule has 0 amide bonds. The largest absolute Gasteiger partial charge is 0.338 e. The van der Waals surface area contributed by atoms with E-state index in [1.165, 1.54) is 11.1 Å². The van der Waals surface area contributed by atoms with Crippen molar-refractivity contribution >= 4 is 0 Å². The fourth-order valence-electron chi connectivity index (χ4n) is 1.74. The minimum absolute atomic E-state index is 0.0846. The summed E-state index contributed by atoms with van der Waals surface area (Å²) in [6.45, 7) is 2.00. The summed E-state index contributed by atoms with van der Waals surface area (Å²) in [5, 5.41) is 0. The Bertz CT molecular complexity index is 472. The zero-order valence-electron chi connectivity index (χ0n) is 9.72. The van der Waals surface area contributed by atoms with Gasteiger partial charge in [-0.15, -0.1) is 0 Å². The first-order chi connectivity index (χ1) is 7.66. The number of benzene rings is 1. The molecule has 0 aliphatic carbocycles. The Labute approximate surface area is 95.9 Å². The summed E-state index contributed by atoms with van der Waals surface area (Å²) in [5.41, 5.74) is 8.29. The van der Waals surface area contributed by atoms with Gasteiger partial charge in [-0.3, -0.25) is 0 Å². The van der Waals surface area contributed by atoms with Crippen molar-refractivity contribution in [3.05, 3.63) is 53.6 Å². The number of hydrogen-bond acceptors (Lipinski definition) is 2. The van der Waals surface area contributed by atoms with Crippen molar-refractivity contribution in [1.82, 2.24) is 9.55 Å². The molecule has 0 saturated carbocycles. The highest BCUT2D eigenvalue weighted by Gasteiger charge is 2.04. The molecule has 0 spiro atoms. The van der Waals surface area contributed by atoms with E-state index in [1.54, 1.807) is 0 Å². The molecular weight excluding hydrogens is 198 g/mol. The van der Waals surface area contributed by atoms with E-state index in [0.29, 0.717) is 0 Å². The lowest BCUT2D eigenvalue weighted by Crippen LogP contribution is -2.06. The average molecular weight is 215 g/mol. The molecule has 0 fully saturated rings. The van der Waals surface area contributed by atoms with Crippen molar-refractivity contribution in [2.24, 2.45) is 12.8 Å². The normalized spacial score (nSPS) is 12.7. The SMILES string of the molecule is CC(N)c1cccc(Cc2nccn2C)c1. The van der Waals surface area contributed by atoms with E-state index in [2.05, 4.69) is 29.2 Å². The third kappa shape index (κ3) is 2.31. The monoisotopic (exact) mass is 215 g/mol. The van der Waals surface area contributed by atoms with Gasteiger partial charge < -0.3 is 10.3 Å². The third-order valence-electron chi connectivity index (χ3n) is 2.76. The van der Waals surface area contributed by atoms with Gasteiger partial charge in [-0.25, -0.2) is 4.98 Å². The molecule has 1 aromatic heterocycles. The Morgan fingerprint density at radius 3 is 2.88 bits per heavy atom. The number of nitrogens with zero attached hydrogens (tertiary/aromatic N) is 2. The molecule has 1 aromatic carbocycles. The van der Waals surface area contributed by atoms with Crippen LogP contribution in [0.25, 0.3) is 0 Å². The zero-order chi connectivity index (χ0) is 11.5. The second kappa shape index (κ2) is 4.49. The van der Waals surface area contributed by atoms with Crippen LogP contribution >= 0.6 is 0 Å². The van der Waals surface area contributed by atoms with Crippen LogP contribution in [0.15, 0.2) is 36.7 Å². The second-order valence-corrected chi connectivity index (χ2v) is 4.16. The highest BCUT2D eigenvalue weighted by Crippen LogP contribution is 2.14. The smallest absolute Gasteiger partial charge is 0.112 e. The van der Waals surface area contributed by atoms with Gasteiger partial charge in [-0.2, -0.15) is 0 Å². The molecule has 2 N–H and O–H groups in total. The van der Waals surface area contributed by atoms with Crippen molar-refractivity contribution in [2.45, 2.75) is 19.4 Å². The summed E-state index contributed by atoms with van der Waals surface area (Å²) >= 11 is 0. The summed E-state index contributed by atoms with van der Waals surface area (Å²) in [6.07, 6.45) is 4.64. The summed E-state index contributed by atoms with van der Waals surface area (Å²) < 4.78 is 2.04. The van der Waals surface area contributed by atoms with Crippen molar-refractivity contribution < 1.29 is 0 Å². The van der Waals surface area contributed by atoms with Gasteiger partial charge in [0.05, 0.1) is 0 Å². The quantitative estimate of drug-likeness (QED) is 0.851. The van der Waals surface area contributed by atoms with Crippen LogP contribution in [-0.2, 0) is 13.5 Å². The Kier molecular flexibility index (Phi) is 3.06. The summed E-state index contributed by atoms with van der Waals surface area (Å²) in [7, 11) is 2.01. The Morgan fingerprint density at radius 2 is 2.25 bits per heavy atom. The van der Waals surface area contributed by atoms with E-state index in [-0.39, 0.29) is 6.04 Å². The minimum atomic E-state index is 0.0846. The molecule has 2 aromatic rings. The molecule has 3 heteroatoms. The standard InChI is InChI=1S/C13H17N3/c1-10(14)12-5-3-4-11(8-12)9-13-15-6-7-16(13)2/h3-8,10H,9,14H2,1-2H3. The van der Waals surface area contributed by atoms with E-state index in [4.69, 9.17) is 5.73 Å². The Morgan fingerprint density at radius 1 is 1.44 bits per heavy atom. The highest BCUT2D eigenvalue weighted by atomic mass is 15.0. The van der Waals surface area contributed by atoms with Gasteiger partial charge in [0, 0.05) is 31.9 Å². The molecule has 0 aliphatic heterocycles. The molecule has 0 radical (unpaired) electrons. The fraction of sp³-hybridized carbons (Fsp3) is 0.308. The van der Waals surface area contributed by atoms with Crippen LogP contribution in [0, 0.1) is 0 Å². The Hall–Kier alpha value is -1.61. The Balaban J connectivity index is 2.22. The van der Waals surface area contributed by atoms with Crippen molar-refractivity contribution in [1.29, 1.82) is 0 Å². The van der Waals surface area contributed by atoms with Gasteiger partial charge in [0.25, 0.3) is 0 Å². The number of rotatable bonds is 3. The van der Waals surface area contributed by atoms with Crippen LogP contribution in [0.5, 0.6) is 0 Å². The summed E-state index contributed by atoms with van der Waals surface area (Å²) in [5.74, 6) is 1.07. The van der Waals surface area contributed by atoms with E-state index in [1.807, 2.05) is 30.9 Å². The van der Waals surface area contributed by atoms with Crippen LogP contribution in [-0.4, -0.2) is 9.55 Å². The molecule has 3 nitrogen and oxygen atoms in total. The first-order valence-electron chi connectivity index (χ1n) is 5.47. The van der Waals surface area contributed by atoms with Gasteiger partial charge in [0.1, 0.15) is 5.82 Å². The van der Waals surface area contributed by atoms with Gasteiger partial charge in [0.2, 0.25) is 0 Å². The number of aryl methyl sites for hydroxylation is 1. The van der Waals surface area contributed by atoms with Gasteiger partial charge in [-0.1, -0.05) is 24.3 Å². The first-order valence-corrected chi connectivity index (χ1v) is 5.47. The lowest BCUT2D eigenvalue weighted by atomic mass is 10.0. The van der Waals surface area contributed by atoms with Gasteiger partial charge in [0.15, 0.2) is 0 Å². The predicted octanol–water partition coefficient (Wildman–Crippen LogP) is 2.03. The number of aromatic nitrogens is 2. The van der Waals surface area contributed by atoms with Crippen LogP contribution in [0.1, 0.15) is 29.9 Å².